The van der Waals surface area contributed by atoms with Crippen LogP contribution in [-0.2, 0) is 11.3 Å². The average molecular weight is 251 g/mol. The predicted octanol–water partition coefficient (Wildman–Crippen LogP) is 2.43. The summed E-state index contributed by atoms with van der Waals surface area (Å²) in [7, 11) is 0. The van der Waals surface area contributed by atoms with Crippen LogP contribution in [0.3, 0.4) is 0 Å². The van der Waals surface area contributed by atoms with Gasteiger partial charge < -0.3 is 5.11 Å². The molecule has 0 amide bonds. The second-order valence-electron chi connectivity index (χ2n) is 5.05. The van der Waals surface area contributed by atoms with Crippen LogP contribution in [0.2, 0.25) is 0 Å². The van der Waals surface area contributed by atoms with E-state index in [1.807, 2.05) is 13.0 Å². The van der Waals surface area contributed by atoms with E-state index < -0.39 is 5.97 Å². The summed E-state index contributed by atoms with van der Waals surface area (Å²) in [5, 5.41) is 9.02. The Kier molecular flexibility index (Phi) is 3.97. The summed E-state index contributed by atoms with van der Waals surface area (Å²) in [5.41, 5.74) is 1.82. The molecule has 0 aliphatic carbocycles. The first kappa shape index (κ1) is 13.0. The van der Waals surface area contributed by atoms with Crippen molar-refractivity contribution < 1.29 is 14.3 Å². The van der Waals surface area contributed by atoms with Gasteiger partial charge in [0.05, 0.1) is 5.92 Å². The van der Waals surface area contributed by atoms with Gasteiger partial charge in [-0.2, -0.15) is 0 Å². The number of nitrogens with zero attached hydrogens (tertiary/aromatic N) is 1. The van der Waals surface area contributed by atoms with Gasteiger partial charge in [0.1, 0.15) is 5.82 Å². The molecule has 1 aliphatic heterocycles. The molecule has 1 fully saturated rings. The Morgan fingerprint density at radius 2 is 2.28 bits per heavy atom. The minimum absolute atomic E-state index is 0.225. The van der Waals surface area contributed by atoms with Gasteiger partial charge in [0.25, 0.3) is 0 Å². The van der Waals surface area contributed by atoms with Crippen LogP contribution in [0, 0.1) is 18.7 Å². The van der Waals surface area contributed by atoms with E-state index in [4.69, 9.17) is 5.11 Å². The average Bonchev–Trinajstić information content (AvgIpc) is 2.27. The third-order valence-corrected chi connectivity index (χ3v) is 3.36. The van der Waals surface area contributed by atoms with Crippen LogP contribution in [0.1, 0.15) is 24.0 Å². The monoisotopic (exact) mass is 251 g/mol. The summed E-state index contributed by atoms with van der Waals surface area (Å²) in [5.74, 6) is -1.24. The molecule has 0 saturated carbocycles. The smallest absolute Gasteiger partial charge is 0.307 e. The zero-order valence-corrected chi connectivity index (χ0v) is 10.5. The number of carboxylic acids is 1. The summed E-state index contributed by atoms with van der Waals surface area (Å²) in [6.45, 7) is 3.94. The van der Waals surface area contributed by atoms with Gasteiger partial charge in [0, 0.05) is 13.1 Å². The third-order valence-electron chi connectivity index (χ3n) is 3.36. The minimum atomic E-state index is -0.727. The molecular formula is C14H18FNO2. The number of carbonyl (C=O) groups is 1. The molecule has 4 heteroatoms. The first-order valence-electron chi connectivity index (χ1n) is 6.26. The van der Waals surface area contributed by atoms with Crippen molar-refractivity contribution in [2.75, 3.05) is 13.1 Å². The summed E-state index contributed by atoms with van der Waals surface area (Å²) >= 11 is 0. The van der Waals surface area contributed by atoms with E-state index in [0.29, 0.717) is 13.1 Å². The van der Waals surface area contributed by atoms with Crippen molar-refractivity contribution in [3.8, 4) is 0 Å². The van der Waals surface area contributed by atoms with Crippen LogP contribution >= 0.6 is 0 Å². The van der Waals surface area contributed by atoms with E-state index in [0.717, 1.165) is 30.5 Å². The summed E-state index contributed by atoms with van der Waals surface area (Å²) in [6.07, 6.45) is 1.64. The van der Waals surface area contributed by atoms with Crippen LogP contribution in [0.5, 0.6) is 0 Å². The fourth-order valence-electron chi connectivity index (χ4n) is 2.56. The second kappa shape index (κ2) is 5.48. The molecule has 0 bridgehead atoms. The Hall–Kier alpha value is -1.42. The van der Waals surface area contributed by atoms with Gasteiger partial charge in [-0.1, -0.05) is 6.07 Å². The second-order valence-corrected chi connectivity index (χ2v) is 5.05. The van der Waals surface area contributed by atoms with Gasteiger partial charge >= 0.3 is 5.97 Å². The molecule has 98 valence electrons. The van der Waals surface area contributed by atoms with Crippen molar-refractivity contribution in [1.29, 1.82) is 0 Å². The zero-order valence-electron chi connectivity index (χ0n) is 10.5. The van der Waals surface area contributed by atoms with E-state index in [2.05, 4.69) is 4.90 Å². The molecule has 1 saturated heterocycles. The van der Waals surface area contributed by atoms with Crippen molar-refractivity contribution in [3.05, 3.63) is 35.1 Å². The highest BCUT2D eigenvalue weighted by Crippen LogP contribution is 2.19. The van der Waals surface area contributed by atoms with E-state index >= 15 is 0 Å². The quantitative estimate of drug-likeness (QED) is 0.897. The molecule has 1 aromatic rings. The fraction of sp³-hybridized carbons (Fsp3) is 0.500. The molecule has 3 nitrogen and oxygen atoms in total. The Labute approximate surface area is 106 Å². The summed E-state index contributed by atoms with van der Waals surface area (Å²) in [4.78, 5) is 13.1. The van der Waals surface area contributed by atoms with Crippen molar-refractivity contribution in [1.82, 2.24) is 4.90 Å². The SMILES string of the molecule is Cc1cc(F)cc(CN2CCCC(C(=O)O)C2)c1. The first-order chi connectivity index (χ1) is 8.54. The lowest BCUT2D eigenvalue weighted by atomic mass is 9.98. The molecule has 1 aliphatic rings. The van der Waals surface area contributed by atoms with Crippen molar-refractivity contribution >= 4 is 5.97 Å². The number of hydrogen-bond donors (Lipinski definition) is 1. The molecule has 2 rings (SSSR count). The maximum Gasteiger partial charge on any atom is 0.307 e. The molecule has 0 spiro atoms. The van der Waals surface area contributed by atoms with Crippen molar-refractivity contribution in [2.45, 2.75) is 26.3 Å². The van der Waals surface area contributed by atoms with E-state index in [1.54, 1.807) is 0 Å². The van der Waals surface area contributed by atoms with Crippen LogP contribution in [-0.4, -0.2) is 29.1 Å². The topological polar surface area (TPSA) is 40.5 Å². The zero-order chi connectivity index (χ0) is 13.1. The maximum absolute atomic E-state index is 13.3. The van der Waals surface area contributed by atoms with E-state index in [9.17, 15) is 9.18 Å². The van der Waals surface area contributed by atoms with Crippen molar-refractivity contribution in [3.63, 3.8) is 0 Å². The standard InChI is InChI=1S/C14H18FNO2/c1-10-5-11(7-13(15)6-10)8-16-4-2-3-12(9-16)14(17)18/h5-7,12H,2-4,8-9H2,1H3,(H,17,18). The Balaban J connectivity index is 2.02. The molecule has 1 N–H and O–H groups in total. The van der Waals surface area contributed by atoms with Crippen molar-refractivity contribution in [2.24, 2.45) is 5.92 Å². The lowest BCUT2D eigenvalue weighted by molar-refractivity contribution is -0.143. The number of likely N-dealkylation sites (tertiary alicyclic amines) is 1. The summed E-state index contributed by atoms with van der Waals surface area (Å²) in [6, 6.07) is 4.98. The summed E-state index contributed by atoms with van der Waals surface area (Å²) < 4.78 is 13.3. The maximum atomic E-state index is 13.3. The van der Waals surface area contributed by atoms with Crippen LogP contribution in [0.25, 0.3) is 0 Å². The molecule has 1 atom stereocenters. The van der Waals surface area contributed by atoms with Gasteiger partial charge in [0.2, 0.25) is 0 Å². The lowest BCUT2D eigenvalue weighted by Crippen LogP contribution is -2.38. The highest BCUT2D eigenvalue weighted by Gasteiger charge is 2.25. The normalized spacial score (nSPS) is 20.9. The highest BCUT2D eigenvalue weighted by atomic mass is 19.1. The number of rotatable bonds is 3. The van der Waals surface area contributed by atoms with Gasteiger partial charge in [0.15, 0.2) is 0 Å². The van der Waals surface area contributed by atoms with Gasteiger partial charge in [-0.15, -0.1) is 0 Å². The van der Waals surface area contributed by atoms with E-state index in [-0.39, 0.29) is 11.7 Å². The first-order valence-corrected chi connectivity index (χ1v) is 6.26. The third kappa shape index (κ3) is 3.29. The molecule has 0 radical (unpaired) electrons. The minimum Gasteiger partial charge on any atom is -0.481 e. The number of halogens is 1. The number of aliphatic carboxylic acids is 1. The molecule has 1 aromatic carbocycles. The number of carboxylic acid groups (broad SMARTS) is 1. The number of piperidine rings is 1. The van der Waals surface area contributed by atoms with Gasteiger partial charge in [-0.25, -0.2) is 4.39 Å². The fourth-order valence-corrected chi connectivity index (χ4v) is 2.56. The number of aryl methyl sites for hydroxylation is 1. The Bertz CT molecular complexity index is 427. The molecule has 1 unspecified atom stereocenters. The van der Waals surface area contributed by atoms with Gasteiger partial charge in [-0.05, 0) is 49.6 Å². The molecule has 1 heterocycles. The molecular weight excluding hydrogens is 233 g/mol. The molecule has 0 aromatic heterocycles. The lowest BCUT2D eigenvalue weighted by Gasteiger charge is -2.30. The Morgan fingerprint density at radius 3 is 2.94 bits per heavy atom. The molecule has 18 heavy (non-hydrogen) atoms. The van der Waals surface area contributed by atoms with Crippen LogP contribution in [0.4, 0.5) is 4.39 Å². The van der Waals surface area contributed by atoms with Crippen LogP contribution in [0.15, 0.2) is 18.2 Å². The predicted molar refractivity (Wildman–Crippen MR) is 66.8 cm³/mol. The van der Waals surface area contributed by atoms with E-state index in [1.165, 1.54) is 12.1 Å². The largest absolute Gasteiger partial charge is 0.481 e. The number of hydrogen-bond acceptors (Lipinski definition) is 2. The van der Waals surface area contributed by atoms with Gasteiger partial charge in [-0.3, -0.25) is 9.69 Å². The Morgan fingerprint density at radius 1 is 1.50 bits per heavy atom. The number of benzene rings is 1. The highest BCUT2D eigenvalue weighted by molar-refractivity contribution is 5.70. The van der Waals surface area contributed by atoms with Crippen LogP contribution < -0.4 is 0 Å².